The van der Waals surface area contributed by atoms with E-state index in [1.165, 1.54) is 19.5 Å². The molecule has 1 aromatic rings. The van der Waals surface area contributed by atoms with Crippen LogP contribution in [-0.2, 0) is 33.8 Å². The lowest BCUT2D eigenvalue weighted by Gasteiger charge is -2.36. The van der Waals surface area contributed by atoms with Gasteiger partial charge in [-0.15, -0.1) is 0 Å². The molecule has 5 aliphatic heterocycles. The van der Waals surface area contributed by atoms with Crippen molar-refractivity contribution < 1.29 is 23.9 Å². The van der Waals surface area contributed by atoms with Crippen LogP contribution >= 0.6 is 0 Å². The number of urea groups is 1. The van der Waals surface area contributed by atoms with Crippen LogP contribution in [0, 0.1) is 18.3 Å². The highest BCUT2D eigenvalue weighted by atomic mass is 16.6. The van der Waals surface area contributed by atoms with Crippen LogP contribution in [0.15, 0.2) is 4.79 Å². The molecule has 5 fully saturated rings. The SMILES string of the molecule is CC.CC.CC.CC.CC.CC(C)(C)N1CCCC1=O.CC(C)(C)N1CCOC1=O.CN1CCC(C(C)(C)C)C1=O.CN1CCCN1C(C)(C)C.CN1CCN(C(C)(C)C)C1=O.Cc1c(C(C)(C)C)c(=O)n(C)n1C. The molecule has 1 atom stereocenters. The average Bonchev–Trinajstić information content (AvgIpc) is 4.19. The number of hydrogen-bond acceptors (Lipinski definition) is 8. The largest absolute Gasteiger partial charge is 0.448 e. The van der Waals surface area contributed by atoms with Gasteiger partial charge in [0.05, 0.1) is 6.54 Å². The first-order valence-corrected chi connectivity index (χ1v) is 28.9. The molecule has 1 aromatic heterocycles. The van der Waals surface area contributed by atoms with Crippen LogP contribution in [0.4, 0.5) is 9.59 Å². The fourth-order valence-electron chi connectivity index (χ4n) is 8.55. The second-order valence-electron chi connectivity index (χ2n) is 24.3. The Morgan fingerprint density at radius 3 is 1.08 bits per heavy atom. The number of carbonyl (C=O) groups excluding carboxylic acids is 4. The molecule has 0 aromatic carbocycles. The summed E-state index contributed by atoms with van der Waals surface area (Å²) in [4.78, 5) is 65.9. The number of amides is 5. The molecule has 0 N–H and O–H groups in total. The number of hydrogen-bond donors (Lipinski definition) is 0. The van der Waals surface area contributed by atoms with E-state index in [-0.39, 0.29) is 51.0 Å². The van der Waals surface area contributed by atoms with Gasteiger partial charge in [0, 0.05) is 120 Å². The summed E-state index contributed by atoms with van der Waals surface area (Å²) in [5.41, 5.74) is 2.39. The van der Waals surface area contributed by atoms with E-state index in [9.17, 15) is 24.0 Å². The molecule has 5 amide bonds. The maximum atomic E-state index is 11.8. The topological polar surface area (TPSA) is 127 Å². The summed E-state index contributed by atoms with van der Waals surface area (Å²) < 4.78 is 8.32. The van der Waals surface area contributed by atoms with E-state index in [0.29, 0.717) is 24.0 Å². The van der Waals surface area contributed by atoms with Crippen LogP contribution in [0.1, 0.15) is 231 Å². The van der Waals surface area contributed by atoms with Crippen molar-refractivity contribution >= 4 is 23.9 Å². The number of cyclic esters (lactones) is 1. The van der Waals surface area contributed by atoms with Crippen LogP contribution in [-0.4, -0.2) is 164 Å². The van der Waals surface area contributed by atoms with Crippen LogP contribution in [0.3, 0.4) is 0 Å². The lowest BCUT2D eigenvalue weighted by atomic mass is 9.80. The Morgan fingerprint density at radius 1 is 0.467 bits per heavy atom. The molecule has 0 saturated carbocycles. The second-order valence-corrected chi connectivity index (χ2v) is 24.3. The van der Waals surface area contributed by atoms with E-state index >= 15 is 0 Å². The van der Waals surface area contributed by atoms with E-state index in [4.69, 9.17) is 4.74 Å². The molecule has 15 nitrogen and oxygen atoms in total. The van der Waals surface area contributed by atoms with E-state index in [1.807, 2.05) is 137 Å². The molecule has 15 heteroatoms. The van der Waals surface area contributed by atoms with Crippen LogP contribution in [0.25, 0.3) is 0 Å². The van der Waals surface area contributed by atoms with E-state index < -0.39 is 0 Å². The zero-order chi connectivity index (χ0) is 61.0. The van der Waals surface area contributed by atoms with Gasteiger partial charge in [-0.2, -0.15) is 0 Å². The standard InChI is InChI=1S/C10H18N2O.C9H17NO.C8H16N2O.C8H18N2.C8H15NO.C7H13NO2.5C2H6/c1-7-8(10(2,3)4)9(13)12(6)11(7)5;1-9(2,3)7-5-6-10(4)8(7)11;1-8(2,3)10-6-5-9(4)7(10)11;1-8(2,3)10-7-5-6-9(10)4;1-8(2,3)9-6-4-5-7(9)10;1-7(2,3)8-4-5-10-6(8)9;5*1-2/h1-6H3;7H,5-6H2,1-4H3;5-6H2,1-4H3;5-7H2,1-4H3;4-6H2,1-3H3;4-5H2,1-3H3;5*1-2H3. The minimum absolute atomic E-state index is 0.0259. The number of rotatable bonds is 0. The molecule has 6 heterocycles. The number of aromatic nitrogens is 2. The van der Waals surface area contributed by atoms with Gasteiger partial charge in [-0.05, 0) is 120 Å². The van der Waals surface area contributed by atoms with Crippen molar-refractivity contribution in [3.05, 3.63) is 21.6 Å². The molecule has 5 saturated heterocycles. The average molecular weight is 1070 g/mol. The normalized spacial score (nSPS) is 17.8. The van der Waals surface area contributed by atoms with Crippen molar-refractivity contribution in [1.29, 1.82) is 0 Å². The molecule has 1 unspecified atom stereocenters. The first-order chi connectivity index (χ1) is 34.2. The molecule has 0 aliphatic carbocycles. The summed E-state index contributed by atoms with van der Waals surface area (Å²) in [6.45, 7) is 67.1. The van der Waals surface area contributed by atoms with Crippen molar-refractivity contribution in [2.24, 2.45) is 25.4 Å². The zero-order valence-corrected chi connectivity index (χ0v) is 56.0. The Morgan fingerprint density at radius 2 is 0.920 bits per heavy atom. The van der Waals surface area contributed by atoms with Gasteiger partial charge in [0.2, 0.25) is 11.8 Å². The van der Waals surface area contributed by atoms with Gasteiger partial charge in [0.25, 0.3) is 5.56 Å². The molecule has 75 heavy (non-hydrogen) atoms. The van der Waals surface area contributed by atoms with Crippen LogP contribution in [0.2, 0.25) is 0 Å². The number of likely N-dealkylation sites (N-methyl/N-ethyl adjacent to an activating group) is 1. The smallest absolute Gasteiger partial charge is 0.410 e. The monoisotopic (exact) mass is 1070 g/mol. The molecule has 0 spiro atoms. The van der Waals surface area contributed by atoms with Gasteiger partial charge >= 0.3 is 12.1 Å². The minimum Gasteiger partial charge on any atom is -0.448 e. The number of carbonyl (C=O) groups is 4. The number of likely N-dealkylation sites (tertiary alicyclic amines) is 2. The number of hydrazine groups is 1. The summed E-state index contributed by atoms with van der Waals surface area (Å²) in [5.74, 6) is 0.873. The van der Waals surface area contributed by atoms with Gasteiger partial charge in [-0.25, -0.2) is 19.6 Å². The second kappa shape index (κ2) is 36.5. The Bertz CT molecular complexity index is 1700. The van der Waals surface area contributed by atoms with Crippen molar-refractivity contribution in [2.45, 2.75) is 254 Å². The fourth-order valence-corrected chi connectivity index (χ4v) is 8.55. The third-order valence-electron chi connectivity index (χ3n) is 12.5. The van der Waals surface area contributed by atoms with Crippen molar-refractivity contribution in [1.82, 2.24) is 43.9 Å². The van der Waals surface area contributed by atoms with Crippen LogP contribution < -0.4 is 5.56 Å². The summed E-state index contributed by atoms with van der Waals surface area (Å²) in [5, 5.41) is 4.74. The van der Waals surface area contributed by atoms with Gasteiger partial charge in [-0.1, -0.05) is 111 Å². The van der Waals surface area contributed by atoms with Crippen LogP contribution in [0.5, 0.6) is 0 Å². The van der Waals surface area contributed by atoms with Gasteiger partial charge in [0.1, 0.15) is 6.61 Å². The summed E-state index contributed by atoms with van der Waals surface area (Å²) in [6.07, 6.45) is 3.94. The Kier molecular flexibility index (Phi) is 39.1. The van der Waals surface area contributed by atoms with E-state index in [0.717, 1.165) is 63.2 Å². The predicted octanol–water partition coefficient (Wildman–Crippen LogP) is 13.1. The lowest BCUT2D eigenvalue weighted by molar-refractivity contribution is -0.133. The Hall–Kier alpha value is -3.59. The quantitative estimate of drug-likeness (QED) is 0.251. The highest BCUT2D eigenvalue weighted by Gasteiger charge is 2.38. The molecular formula is C60H127N9O6. The Balaban J connectivity index is -0.000000253. The molecule has 0 bridgehead atoms. The van der Waals surface area contributed by atoms with Crippen molar-refractivity contribution in [2.75, 3.05) is 73.6 Å². The molecule has 0 radical (unpaired) electrons. The van der Waals surface area contributed by atoms with E-state index in [2.05, 4.69) is 121 Å². The van der Waals surface area contributed by atoms with Gasteiger partial charge in [0.15, 0.2) is 0 Å². The molecule has 448 valence electrons. The molecule has 5 aliphatic rings. The maximum Gasteiger partial charge on any atom is 0.410 e. The van der Waals surface area contributed by atoms with Crippen molar-refractivity contribution in [3.63, 3.8) is 0 Å². The number of ether oxygens (including phenoxy) is 1. The maximum absolute atomic E-state index is 11.8. The summed E-state index contributed by atoms with van der Waals surface area (Å²) >= 11 is 0. The Labute approximate surface area is 464 Å². The van der Waals surface area contributed by atoms with Crippen molar-refractivity contribution in [3.8, 4) is 0 Å². The van der Waals surface area contributed by atoms with Gasteiger partial charge < -0.3 is 24.3 Å². The minimum atomic E-state index is -0.187. The molecular weight excluding hydrogens is 943 g/mol. The highest BCUT2D eigenvalue weighted by molar-refractivity contribution is 5.81. The van der Waals surface area contributed by atoms with Gasteiger partial charge in [-0.3, -0.25) is 28.6 Å². The highest BCUT2D eigenvalue weighted by Crippen LogP contribution is 2.34. The first-order valence-electron chi connectivity index (χ1n) is 28.9. The van der Waals surface area contributed by atoms with E-state index in [1.54, 1.807) is 21.5 Å². The predicted molar refractivity (Wildman–Crippen MR) is 323 cm³/mol. The fraction of sp³-hybridized carbons (Fsp3) is 0.883. The zero-order valence-electron chi connectivity index (χ0n) is 56.0. The first kappa shape index (κ1) is 80.3. The third-order valence-corrected chi connectivity index (χ3v) is 12.5. The third kappa shape index (κ3) is 28.0. The number of nitrogens with zero attached hydrogens (tertiary/aromatic N) is 9. The summed E-state index contributed by atoms with van der Waals surface area (Å²) in [7, 11) is 9.59. The molecule has 6 rings (SSSR count). The lowest BCUT2D eigenvalue weighted by Crippen LogP contribution is -2.46. The summed E-state index contributed by atoms with van der Waals surface area (Å²) in [6, 6.07) is 0.150.